The van der Waals surface area contributed by atoms with Gasteiger partial charge in [0.25, 0.3) is 5.91 Å². The standard InChI is InChI=1S/C17H21ClN4O3S/c1-13-15(16(18)22(19-13)12-14-6-4-3-5-7-14)17(23)20-8-10-21(11-9-20)26(2,24)25/h3-7H,8-12H2,1-2H3. The highest BCUT2D eigenvalue weighted by Crippen LogP contribution is 2.23. The van der Waals surface area contributed by atoms with Crippen LogP contribution in [0.25, 0.3) is 0 Å². The lowest BCUT2D eigenvalue weighted by Gasteiger charge is -2.33. The van der Waals surface area contributed by atoms with Gasteiger partial charge in [-0.3, -0.25) is 4.79 Å². The number of amides is 1. The van der Waals surface area contributed by atoms with E-state index in [1.165, 1.54) is 10.6 Å². The van der Waals surface area contributed by atoms with Crippen LogP contribution in [0, 0.1) is 6.92 Å². The number of hydrogen-bond acceptors (Lipinski definition) is 4. The van der Waals surface area contributed by atoms with Gasteiger partial charge in [0.1, 0.15) is 5.15 Å². The van der Waals surface area contributed by atoms with Gasteiger partial charge in [-0.2, -0.15) is 9.40 Å². The number of sulfonamides is 1. The fourth-order valence-corrected chi connectivity index (χ4v) is 4.18. The molecule has 0 saturated carbocycles. The molecule has 26 heavy (non-hydrogen) atoms. The third-order valence-corrected chi connectivity index (χ3v) is 6.14. The predicted molar refractivity (Wildman–Crippen MR) is 99.8 cm³/mol. The highest BCUT2D eigenvalue weighted by atomic mass is 35.5. The molecule has 1 aromatic carbocycles. The van der Waals surface area contributed by atoms with Crippen molar-refractivity contribution >= 4 is 27.5 Å². The summed E-state index contributed by atoms with van der Waals surface area (Å²) in [6.07, 6.45) is 1.18. The van der Waals surface area contributed by atoms with Crippen molar-refractivity contribution < 1.29 is 13.2 Å². The molecule has 9 heteroatoms. The smallest absolute Gasteiger partial charge is 0.258 e. The van der Waals surface area contributed by atoms with Gasteiger partial charge in [0.05, 0.1) is 24.1 Å². The molecule has 0 atom stereocenters. The number of rotatable bonds is 4. The predicted octanol–water partition coefficient (Wildman–Crippen LogP) is 1.61. The number of halogens is 1. The van der Waals surface area contributed by atoms with Crippen molar-refractivity contribution in [2.75, 3.05) is 32.4 Å². The summed E-state index contributed by atoms with van der Waals surface area (Å²) in [5, 5.41) is 4.71. The molecule has 1 aliphatic heterocycles. The Hall–Kier alpha value is -1.90. The number of carbonyl (C=O) groups excluding carboxylic acids is 1. The van der Waals surface area contributed by atoms with Gasteiger partial charge in [-0.25, -0.2) is 13.1 Å². The topological polar surface area (TPSA) is 75.5 Å². The van der Waals surface area contributed by atoms with Crippen molar-refractivity contribution in [2.45, 2.75) is 13.5 Å². The third kappa shape index (κ3) is 3.92. The number of hydrogen-bond donors (Lipinski definition) is 0. The molecule has 3 rings (SSSR count). The van der Waals surface area contributed by atoms with Gasteiger partial charge in [0.2, 0.25) is 10.0 Å². The van der Waals surface area contributed by atoms with Crippen molar-refractivity contribution in [1.82, 2.24) is 19.0 Å². The summed E-state index contributed by atoms with van der Waals surface area (Å²) in [4.78, 5) is 14.5. The summed E-state index contributed by atoms with van der Waals surface area (Å²) in [6.45, 7) is 3.50. The van der Waals surface area contributed by atoms with Crippen LogP contribution in [0.2, 0.25) is 5.15 Å². The average Bonchev–Trinajstić information content (AvgIpc) is 2.88. The van der Waals surface area contributed by atoms with E-state index < -0.39 is 10.0 Å². The van der Waals surface area contributed by atoms with Crippen molar-refractivity contribution in [3.8, 4) is 0 Å². The Morgan fingerprint density at radius 2 is 1.77 bits per heavy atom. The van der Waals surface area contributed by atoms with E-state index in [9.17, 15) is 13.2 Å². The molecule has 7 nitrogen and oxygen atoms in total. The number of aromatic nitrogens is 2. The van der Waals surface area contributed by atoms with Crippen molar-refractivity contribution in [3.05, 3.63) is 52.3 Å². The zero-order valence-corrected chi connectivity index (χ0v) is 16.3. The average molecular weight is 397 g/mol. The Labute approximate surface area is 158 Å². The Morgan fingerprint density at radius 3 is 2.35 bits per heavy atom. The van der Waals surface area contributed by atoms with Crippen molar-refractivity contribution in [2.24, 2.45) is 0 Å². The first-order valence-corrected chi connectivity index (χ1v) is 10.5. The molecular weight excluding hydrogens is 376 g/mol. The van der Waals surface area contributed by atoms with E-state index in [2.05, 4.69) is 5.10 Å². The normalized spacial score (nSPS) is 16.0. The van der Waals surface area contributed by atoms with Crippen molar-refractivity contribution in [1.29, 1.82) is 0 Å². The maximum absolute atomic E-state index is 12.9. The molecule has 2 aromatic rings. The van der Waals surface area contributed by atoms with Crippen LogP contribution in [0.1, 0.15) is 21.6 Å². The minimum absolute atomic E-state index is 0.208. The van der Waals surface area contributed by atoms with Crippen LogP contribution in [0.3, 0.4) is 0 Å². The molecule has 1 amide bonds. The van der Waals surface area contributed by atoms with Crippen LogP contribution < -0.4 is 0 Å². The van der Waals surface area contributed by atoms with E-state index in [0.717, 1.165) is 5.56 Å². The molecule has 0 radical (unpaired) electrons. The monoisotopic (exact) mass is 396 g/mol. The second-order valence-corrected chi connectivity index (χ2v) is 8.69. The molecule has 1 saturated heterocycles. The van der Waals surface area contributed by atoms with E-state index in [0.29, 0.717) is 49.1 Å². The Kier molecular flexibility index (Phi) is 5.36. The number of carbonyl (C=O) groups is 1. The van der Waals surface area contributed by atoms with Crippen LogP contribution >= 0.6 is 11.6 Å². The zero-order chi connectivity index (χ0) is 18.9. The van der Waals surface area contributed by atoms with Crippen molar-refractivity contribution in [3.63, 3.8) is 0 Å². The molecule has 2 heterocycles. The molecule has 1 aliphatic rings. The van der Waals surface area contributed by atoms with Gasteiger partial charge in [0.15, 0.2) is 0 Å². The summed E-state index contributed by atoms with van der Waals surface area (Å²) < 4.78 is 26.2. The lowest BCUT2D eigenvalue weighted by Crippen LogP contribution is -2.50. The number of aryl methyl sites for hydroxylation is 1. The van der Waals surface area contributed by atoms with Crippen LogP contribution in [0.5, 0.6) is 0 Å². The molecular formula is C17H21ClN4O3S. The lowest BCUT2D eigenvalue weighted by atomic mass is 10.2. The van der Waals surface area contributed by atoms with Crippen LogP contribution in [-0.4, -0.2) is 65.7 Å². The SMILES string of the molecule is Cc1nn(Cc2ccccc2)c(Cl)c1C(=O)N1CCN(S(C)(=O)=O)CC1. The molecule has 0 bridgehead atoms. The molecule has 0 spiro atoms. The maximum Gasteiger partial charge on any atom is 0.258 e. The molecule has 1 fully saturated rings. The van der Waals surface area contributed by atoms with Crippen LogP contribution in [-0.2, 0) is 16.6 Å². The molecule has 0 N–H and O–H groups in total. The van der Waals surface area contributed by atoms with E-state index in [4.69, 9.17) is 11.6 Å². The molecule has 0 unspecified atom stereocenters. The fourth-order valence-electron chi connectivity index (χ4n) is 3.04. The van der Waals surface area contributed by atoms with E-state index >= 15 is 0 Å². The molecule has 140 valence electrons. The summed E-state index contributed by atoms with van der Waals surface area (Å²) in [6, 6.07) is 9.75. The first-order chi connectivity index (χ1) is 12.3. The van der Waals surface area contributed by atoms with E-state index in [1.54, 1.807) is 16.5 Å². The van der Waals surface area contributed by atoms with Gasteiger partial charge < -0.3 is 4.90 Å². The van der Waals surface area contributed by atoms with Gasteiger partial charge in [-0.05, 0) is 12.5 Å². The molecule has 1 aromatic heterocycles. The molecule has 0 aliphatic carbocycles. The van der Waals surface area contributed by atoms with Crippen LogP contribution in [0.4, 0.5) is 0 Å². The minimum atomic E-state index is -3.23. The number of piperazine rings is 1. The number of nitrogens with zero attached hydrogens (tertiary/aromatic N) is 4. The largest absolute Gasteiger partial charge is 0.336 e. The fraction of sp³-hybridized carbons (Fsp3) is 0.412. The summed E-state index contributed by atoms with van der Waals surface area (Å²) in [5.41, 5.74) is 1.99. The van der Waals surface area contributed by atoms with E-state index in [1.807, 2.05) is 30.3 Å². The number of benzene rings is 1. The Bertz CT molecular complexity index is 904. The Balaban J connectivity index is 1.76. The summed E-state index contributed by atoms with van der Waals surface area (Å²) in [5.74, 6) is -0.208. The van der Waals surface area contributed by atoms with Crippen LogP contribution in [0.15, 0.2) is 30.3 Å². The Morgan fingerprint density at radius 1 is 1.15 bits per heavy atom. The maximum atomic E-state index is 12.9. The second kappa shape index (κ2) is 7.38. The highest BCUT2D eigenvalue weighted by molar-refractivity contribution is 7.88. The van der Waals surface area contributed by atoms with Gasteiger partial charge in [-0.1, -0.05) is 41.9 Å². The quantitative estimate of drug-likeness (QED) is 0.786. The summed E-state index contributed by atoms with van der Waals surface area (Å²) >= 11 is 6.44. The lowest BCUT2D eigenvalue weighted by molar-refractivity contribution is 0.0697. The van der Waals surface area contributed by atoms with Gasteiger partial charge in [0, 0.05) is 26.2 Å². The third-order valence-electron chi connectivity index (χ3n) is 4.45. The van der Waals surface area contributed by atoms with Gasteiger partial charge >= 0.3 is 0 Å². The van der Waals surface area contributed by atoms with E-state index in [-0.39, 0.29) is 5.91 Å². The second-order valence-electron chi connectivity index (χ2n) is 6.35. The first-order valence-electron chi connectivity index (χ1n) is 8.28. The zero-order valence-electron chi connectivity index (χ0n) is 14.7. The van der Waals surface area contributed by atoms with Gasteiger partial charge in [-0.15, -0.1) is 0 Å². The highest BCUT2D eigenvalue weighted by Gasteiger charge is 2.30. The first kappa shape index (κ1) is 18.9. The minimum Gasteiger partial charge on any atom is -0.336 e. The summed E-state index contributed by atoms with van der Waals surface area (Å²) in [7, 11) is -3.23.